The highest BCUT2D eigenvalue weighted by Crippen LogP contribution is 2.48. The Labute approximate surface area is 200 Å². The number of carbonyl (C=O) groups is 1. The second-order valence-corrected chi connectivity index (χ2v) is 8.57. The molecule has 0 aliphatic carbocycles. The maximum absolute atomic E-state index is 14.1. The average molecular weight is 527 g/mol. The third kappa shape index (κ3) is 5.97. The van der Waals surface area contributed by atoms with Gasteiger partial charge in [-0.25, -0.2) is 0 Å². The third-order valence-corrected chi connectivity index (χ3v) is 5.51. The van der Waals surface area contributed by atoms with Gasteiger partial charge in [-0.2, -0.15) is 26.3 Å². The number of alkyl halides is 6. The van der Waals surface area contributed by atoms with E-state index in [1.807, 2.05) is 0 Å². The number of hydroxylamine groups is 1. The summed E-state index contributed by atoms with van der Waals surface area (Å²) >= 11 is 11.8. The van der Waals surface area contributed by atoms with Gasteiger partial charge in [-0.3, -0.25) is 15.1 Å². The molecule has 0 fully saturated rings. The molecule has 12 heteroatoms. The van der Waals surface area contributed by atoms with Crippen LogP contribution >= 0.6 is 23.2 Å². The molecule has 34 heavy (non-hydrogen) atoms. The van der Waals surface area contributed by atoms with Crippen LogP contribution in [0.3, 0.4) is 0 Å². The molecule has 0 bridgehead atoms. The topological polar surface area (TPSA) is 50.4 Å². The number of benzene rings is 2. The Morgan fingerprint density at radius 2 is 1.71 bits per heavy atom. The lowest BCUT2D eigenvalue weighted by atomic mass is 9.91. The SMILES string of the molecule is Cc1ccc(C2=CC(c3cc(Cl)cc(Cl)c3)(C(F)(F)F)ON2)cc1NC(=O)CCCC(F)(F)F. The van der Waals surface area contributed by atoms with E-state index in [2.05, 4.69) is 10.8 Å². The number of halogens is 8. The van der Waals surface area contributed by atoms with E-state index in [4.69, 9.17) is 28.0 Å². The molecule has 4 nitrogen and oxygen atoms in total. The molecule has 3 rings (SSSR count). The fourth-order valence-electron chi connectivity index (χ4n) is 3.34. The maximum atomic E-state index is 14.1. The molecule has 0 saturated carbocycles. The lowest BCUT2D eigenvalue weighted by Crippen LogP contribution is -2.42. The molecule has 1 atom stereocenters. The summed E-state index contributed by atoms with van der Waals surface area (Å²) in [5, 5.41) is 2.48. The van der Waals surface area contributed by atoms with Crippen LogP contribution in [0, 0.1) is 6.92 Å². The number of aryl methyl sites for hydroxylation is 1. The predicted molar refractivity (Wildman–Crippen MR) is 116 cm³/mol. The van der Waals surface area contributed by atoms with E-state index in [1.165, 1.54) is 18.2 Å². The number of nitrogens with one attached hydrogen (secondary N) is 2. The van der Waals surface area contributed by atoms with Crippen molar-refractivity contribution in [3.8, 4) is 0 Å². The van der Waals surface area contributed by atoms with Crippen LogP contribution in [0.5, 0.6) is 0 Å². The molecule has 1 heterocycles. The van der Waals surface area contributed by atoms with Gasteiger partial charge in [0.05, 0.1) is 5.70 Å². The molecule has 1 aliphatic heterocycles. The zero-order valence-corrected chi connectivity index (χ0v) is 19.0. The van der Waals surface area contributed by atoms with Gasteiger partial charge in [0, 0.05) is 39.7 Å². The minimum atomic E-state index is -4.89. The van der Waals surface area contributed by atoms with Gasteiger partial charge in [0.25, 0.3) is 0 Å². The Morgan fingerprint density at radius 3 is 2.29 bits per heavy atom. The van der Waals surface area contributed by atoms with Crippen molar-refractivity contribution in [3.63, 3.8) is 0 Å². The summed E-state index contributed by atoms with van der Waals surface area (Å²) in [5.41, 5.74) is 0.0614. The van der Waals surface area contributed by atoms with E-state index in [0.29, 0.717) is 5.56 Å². The Morgan fingerprint density at radius 1 is 1.06 bits per heavy atom. The number of hydrogen-bond acceptors (Lipinski definition) is 3. The molecule has 1 aliphatic rings. The van der Waals surface area contributed by atoms with E-state index < -0.39 is 30.3 Å². The normalized spacial score (nSPS) is 18.4. The van der Waals surface area contributed by atoms with Crippen LogP contribution in [-0.4, -0.2) is 18.3 Å². The van der Waals surface area contributed by atoms with Crippen LogP contribution in [0.25, 0.3) is 5.70 Å². The van der Waals surface area contributed by atoms with Gasteiger partial charge in [0.15, 0.2) is 0 Å². The molecule has 0 radical (unpaired) electrons. The minimum absolute atomic E-state index is 0.0116. The van der Waals surface area contributed by atoms with E-state index in [0.717, 1.165) is 18.2 Å². The second-order valence-electron chi connectivity index (χ2n) is 7.70. The zero-order chi connectivity index (χ0) is 25.3. The van der Waals surface area contributed by atoms with E-state index >= 15 is 0 Å². The second kappa shape index (κ2) is 9.67. The summed E-state index contributed by atoms with van der Waals surface area (Å²) in [6.07, 6.45) is -10.3. The van der Waals surface area contributed by atoms with E-state index in [9.17, 15) is 31.1 Å². The summed E-state index contributed by atoms with van der Waals surface area (Å²) in [5.74, 6) is -0.646. The van der Waals surface area contributed by atoms with Gasteiger partial charge in [0.2, 0.25) is 11.5 Å². The summed E-state index contributed by atoms with van der Waals surface area (Å²) in [4.78, 5) is 17.1. The van der Waals surface area contributed by atoms with Crippen LogP contribution in [0.4, 0.5) is 32.0 Å². The quantitative estimate of drug-likeness (QED) is 0.388. The highest BCUT2D eigenvalue weighted by Gasteiger charge is 2.59. The molecule has 2 aromatic rings. The number of amides is 1. The molecule has 0 saturated heterocycles. The van der Waals surface area contributed by atoms with E-state index in [1.54, 1.807) is 13.0 Å². The Bertz CT molecular complexity index is 1100. The number of hydrogen-bond donors (Lipinski definition) is 2. The molecule has 2 aromatic carbocycles. The number of anilines is 1. The summed E-state index contributed by atoms with van der Waals surface area (Å²) in [6.45, 7) is 1.63. The Hall–Kier alpha value is -2.43. The monoisotopic (exact) mass is 526 g/mol. The lowest BCUT2D eigenvalue weighted by molar-refractivity contribution is -0.269. The van der Waals surface area contributed by atoms with Crippen molar-refractivity contribution in [1.82, 2.24) is 5.48 Å². The van der Waals surface area contributed by atoms with Crippen molar-refractivity contribution >= 4 is 40.5 Å². The molecule has 0 spiro atoms. The molecule has 0 aromatic heterocycles. The lowest BCUT2D eigenvalue weighted by Gasteiger charge is -2.28. The minimum Gasteiger partial charge on any atom is -0.326 e. The predicted octanol–water partition coefficient (Wildman–Crippen LogP) is 7.31. The van der Waals surface area contributed by atoms with Crippen molar-refractivity contribution in [2.24, 2.45) is 0 Å². The molecule has 2 N–H and O–H groups in total. The van der Waals surface area contributed by atoms with E-state index in [-0.39, 0.29) is 45.4 Å². The molecular formula is C22H18Cl2F6N2O2. The van der Waals surface area contributed by atoms with Gasteiger partial charge in [-0.05, 0) is 49.2 Å². The first-order valence-corrected chi connectivity index (χ1v) is 10.6. The highest BCUT2D eigenvalue weighted by molar-refractivity contribution is 6.34. The van der Waals surface area contributed by atoms with Crippen molar-refractivity contribution < 1.29 is 36.0 Å². The van der Waals surface area contributed by atoms with Crippen LogP contribution in [0.15, 0.2) is 42.5 Å². The zero-order valence-electron chi connectivity index (χ0n) is 17.5. The standard InChI is InChI=1S/C22H18Cl2F6N2O2/c1-12-4-5-13(7-17(12)31-19(33)3-2-6-21(25,26)27)18-11-20(34-32-18,22(28,29)30)14-8-15(23)10-16(24)9-14/h4-5,7-11,32H,2-3,6H2,1H3,(H,31,33). The summed E-state index contributed by atoms with van der Waals surface area (Å²) in [7, 11) is 0. The van der Waals surface area contributed by atoms with Gasteiger partial charge in [-0.15, -0.1) is 0 Å². The van der Waals surface area contributed by atoms with Crippen molar-refractivity contribution in [2.75, 3.05) is 5.32 Å². The van der Waals surface area contributed by atoms with Crippen LogP contribution < -0.4 is 10.8 Å². The van der Waals surface area contributed by atoms with Gasteiger partial charge >= 0.3 is 12.4 Å². The van der Waals surface area contributed by atoms with Gasteiger partial charge in [0.1, 0.15) is 0 Å². The maximum Gasteiger partial charge on any atom is 0.428 e. The number of rotatable bonds is 6. The summed E-state index contributed by atoms with van der Waals surface area (Å²) in [6, 6.07) is 7.92. The van der Waals surface area contributed by atoms with Crippen molar-refractivity contribution in [2.45, 2.75) is 44.1 Å². The van der Waals surface area contributed by atoms with Crippen molar-refractivity contribution in [1.29, 1.82) is 0 Å². The largest absolute Gasteiger partial charge is 0.428 e. The molecule has 1 unspecified atom stereocenters. The van der Waals surface area contributed by atoms with Crippen LogP contribution in [-0.2, 0) is 15.2 Å². The molecular weight excluding hydrogens is 509 g/mol. The fourth-order valence-corrected chi connectivity index (χ4v) is 3.87. The smallest absolute Gasteiger partial charge is 0.326 e. The first-order chi connectivity index (χ1) is 15.7. The van der Waals surface area contributed by atoms with Crippen LogP contribution in [0.2, 0.25) is 10.0 Å². The first-order valence-electron chi connectivity index (χ1n) is 9.88. The molecule has 1 amide bonds. The van der Waals surface area contributed by atoms with Gasteiger partial charge in [-0.1, -0.05) is 35.3 Å². The first kappa shape index (κ1) is 26.2. The number of carbonyl (C=O) groups excluding carboxylic acids is 1. The fraction of sp³-hybridized carbons (Fsp3) is 0.318. The van der Waals surface area contributed by atoms with Gasteiger partial charge < -0.3 is 5.32 Å². The van der Waals surface area contributed by atoms with Crippen LogP contribution in [0.1, 0.15) is 36.0 Å². The Kier molecular flexibility index (Phi) is 7.45. The summed E-state index contributed by atoms with van der Waals surface area (Å²) < 4.78 is 79.3. The molecule has 184 valence electrons. The van der Waals surface area contributed by atoms with Crippen molar-refractivity contribution in [3.05, 3.63) is 69.2 Å². The average Bonchev–Trinajstić information content (AvgIpc) is 3.15. The highest BCUT2D eigenvalue weighted by atomic mass is 35.5. The Balaban J connectivity index is 1.89. The third-order valence-electron chi connectivity index (χ3n) is 5.07.